The van der Waals surface area contributed by atoms with Gasteiger partial charge in [0.05, 0.1) is 0 Å². The first-order valence-electron chi connectivity index (χ1n) is 10.1. The van der Waals surface area contributed by atoms with Crippen LogP contribution in [0.4, 0.5) is 0 Å². The number of fused-ring (bicyclic) bond motifs is 8. The number of H-pyrrole nitrogens is 2. The summed E-state index contributed by atoms with van der Waals surface area (Å²) in [5.41, 5.74) is 14.4. The van der Waals surface area contributed by atoms with Crippen LogP contribution in [-0.2, 0) is 25.7 Å². The highest BCUT2D eigenvalue weighted by molar-refractivity contribution is 5.72. The zero-order chi connectivity index (χ0) is 19.4. The Labute approximate surface area is 165 Å². The van der Waals surface area contributed by atoms with E-state index in [1.165, 1.54) is 44.3 Å². The number of hydrogen-bond acceptors (Lipinski definition) is 2. The van der Waals surface area contributed by atoms with Crippen molar-refractivity contribution in [2.75, 3.05) is 0 Å². The van der Waals surface area contributed by atoms with Gasteiger partial charge in [-0.2, -0.15) is 0 Å². The van der Waals surface area contributed by atoms with Crippen molar-refractivity contribution in [1.82, 2.24) is 19.9 Å². The molecule has 5 rings (SSSR count). The Morgan fingerprint density at radius 3 is 1.00 bits per heavy atom. The second kappa shape index (κ2) is 6.33. The summed E-state index contributed by atoms with van der Waals surface area (Å²) in [5, 5.41) is 0. The summed E-state index contributed by atoms with van der Waals surface area (Å²) in [4.78, 5) is 17.0. The molecular formula is C24H26N4. The van der Waals surface area contributed by atoms with E-state index in [4.69, 9.17) is 9.97 Å². The monoisotopic (exact) mass is 370 g/mol. The fourth-order valence-corrected chi connectivity index (χ4v) is 4.24. The minimum absolute atomic E-state index is 0.991. The molecule has 0 saturated carbocycles. The number of rotatable bonds is 0. The first-order chi connectivity index (χ1) is 13.5. The van der Waals surface area contributed by atoms with Crippen LogP contribution in [0.15, 0.2) is 24.3 Å². The van der Waals surface area contributed by atoms with Crippen molar-refractivity contribution < 1.29 is 0 Å². The van der Waals surface area contributed by atoms with Crippen LogP contribution in [0, 0.1) is 27.7 Å². The lowest BCUT2D eigenvalue weighted by atomic mass is 10.1. The van der Waals surface area contributed by atoms with Gasteiger partial charge >= 0.3 is 0 Å². The zero-order valence-corrected chi connectivity index (χ0v) is 17.0. The largest absolute Gasteiger partial charge is 0.355 e. The van der Waals surface area contributed by atoms with E-state index in [-0.39, 0.29) is 0 Å². The Morgan fingerprint density at radius 1 is 0.500 bits per heavy atom. The lowest BCUT2D eigenvalue weighted by molar-refractivity contribution is 1.02. The van der Waals surface area contributed by atoms with E-state index in [9.17, 15) is 0 Å². The van der Waals surface area contributed by atoms with Crippen LogP contribution in [0.2, 0.25) is 0 Å². The highest BCUT2D eigenvalue weighted by Crippen LogP contribution is 2.24. The smallest absolute Gasteiger partial charge is 0.0435 e. The number of nitrogens with zero attached hydrogens (tertiary/aromatic N) is 2. The van der Waals surface area contributed by atoms with Gasteiger partial charge in [-0.1, -0.05) is 0 Å². The Morgan fingerprint density at radius 2 is 0.750 bits per heavy atom. The molecule has 4 nitrogen and oxygen atoms in total. The predicted molar refractivity (Wildman–Crippen MR) is 115 cm³/mol. The molecule has 3 aromatic heterocycles. The third-order valence-electron chi connectivity index (χ3n) is 6.37. The van der Waals surface area contributed by atoms with Gasteiger partial charge in [-0.25, -0.2) is 0 Å². The minimum Gasteiger partial charge on any atom is -0.355 e. The van der Waals surface area contributed by atoms with Crippen molar-refractivity contribution in [2.45, 2.75) is 53.4 Å². The molecule has 0 atom stereocenters. The van der Waals surface area contributed by atoms with Gasteiger partial charge in [0.2, 0.25) is 0 Å². The maximum absolute atomic E-state index is 4.90. The van der Waals surface area contributed by atoms with E-state index in [0.717, 1.165) is 48.5 Å². The first-order valence-corrected chi connectivity index (χ1v) is 10.1. The van der Waals surface area contributed by atoms with Crippen molar-refractivity contribution in [3.63, 3.8) is 0 Å². The van der Waals surface area contributed by atoms with Crippen LogP contribution in [0.1, 0.15) is 45.0 Å². The maximum atomic E-state index is 4.90. The van der Waals surface area contributed by atoms with Gasteiger partial charge in [-0.3, -0.25) is 9.97 Å². The zero-order valence-electron chi connectivity index (χ0n) is 17.0. The lowest BCUT2D eigenvalue weighted by Crippen LogP contribution is -1.79. The number of aryl methyl sites for hydroxylation is 8. The second-order valence-corrected chi connectivity index (χ2v) is 8.17. The average Bonchev–Trinajstić information content (AvgIpc) is 3.41. The van der Waals surface area contributed by atoms with Gasteiger partial charge < -0.3 is 9.97 Å². The SMILES string of the molecule is Cc1c(C)c2cc3nc(cc4[nH]c(cc5nc(cc1[nH]2)CC5)c(C)c4C)CC3. The first kappa shape index (κ1) is 17.2. The predicted octanol–water partition coefficient (Wildman–Crippen LogP) is 5.12. The molecule has 2 aliphatic rings. The molecule has 0 fully saturated rings. The van der Waals surface area contributed by atoms with Crippen molar-refractivity contribution in [3.05, 3.63) is 69.3 Å². The third kappa shape index (κ3) is 2.84. The van der Waals surface area contributed by atoms with E-state index in [2.05, 4.69) is 61.9 Å². The Hall–Kier alpha value is -2.88. The van der Waals surface area contributed by atoms with Gasteiger partial charge in [0, 0.05) is 44.8 Å². The van der Waals surface area contributed by atoms with Crippen molar-refractivity contribution >= 4 is 22.1 Å². The number of aromatic nitrogens is 4. The molecule has 0 amide bonds. The fourth-order valence-electron chi connectivity index (χ4n) is 4.24. The molecule has 4 heteroatoms. The summed E-state index contributed by atoms with van der Waals surface area (Å²) in [6.07, 6.45) is 3.96. The van der Waals surface area contributed by atoms with Gasteiger partial charge in [-0.05, 0) is 99.9 Å². The van der Waals surface area contributed by atoms with Crippen LogP contribution >= 0.6 is 0 Å². The van der Waals surface area contributed by atoms with E-state index in [0.29, 0.717) is 0 Å². The molecule has 28 heavy (non-hydrogen) atoms. The van der Waals surface area contributed by atoms with Gasteiger partial charge in [0.25, 0.3) is 0 Å². The third-order valence-corrected chi connectivity index (χ3v) is 6.37. The van der Waals surface area contributed by atoms with Crippen LogP contribution in [0.5, 0.6) is 0 Å². The van der Waals surface area contributed by atoms with Crippen molar-refractivity contribution in [3.8, 4) is 0 Å². The number of nitrogens with one attached hydrogen (secondary N) is 2. The molecule has 0 radical (unpaired) electrons. The molecule has 5 heterocycles. The molecule has 0 spiro atoms. The summed E-state index contributed by atoms with van der Waals surface area (Å²) in [5.74, 6) is 0. The summed E-state index contributed by atoms with van der Waals surface area (Å²) >= 11 is 0. The topological polar surface area (TPSA) is 57.4 Å². The second-order valence-electron chi connectivity index (χ2n) is 8.17. The molecule has 0 aromatic carbocycles. The molecule has 3 aromatic rings. The number of aromatic amines is 2. The molecule has 0 saturated heterocycles. The summed E-state index contributed by atoms with van der Waals surface area (Å²) in [6.45, 7) is 8.74. The molecule has 142 valence electrons. The Bertz CT molecular complexity index is 1070. The van der Waals surface area contributed by atoms with Gasteiger partial charge in [-0.15, -0.1) is 0 Å². The molecule has 0 unspecified atom stereocenters. The van der Waals surface area contributed by atoms with Gasteiger partial charge in [0.15, 0.2) is 0 Å². The normalized spacial score (nSPS) is 13.9. The van der Waals surface area contributed by atoms with Crippen molar-refractivity contribution in [2.24, 2.45) is 0 Å². The van der Waals surface area contributed by atoms with Gasteiger partial charge in [0.1, 0.15) is 0 Å². The highest BCUT2D eigenvalue weighted by Gasteiger charge is 2.12. The Kier molecular flexibility index (Phi) is 3.90. The highest BCUT2D eigenvalue weighted by atomic mass is 14.8. The summed E-state index contributed by atoms with van der Waals surface area (Å²) < 4.78 is 0. The molecule has 8 bridgehead atoms. The molecule has 0 aliphatic carbocycles. The summed E-state index contributed by atoms with van der Waals surface area (Å²) in [6, 6.07) is 8.86. The van der Waals surface area contributed by atoms with Crippen LogP contribution in [0.3, 0.4) is 0 Å². The number of hydrogen-bond donors (Lipinski definition) is 2. The van der Waals surface area contributed by atoms with Crippen LogP contribution in [-0.4, -0.2) is 19.9 Å². The molecular weight excluding hydrogens is 344 g/mol. The minimum atomic E-state index is 0.991. The average molecular weight is 371 g/mol. The summed E-state index contributed by atoms with van der Waals surface area (Å²) in [7, 11) is 0. The Balaban J connectivity index is 1.89. The molecule has 2 N–H and O–H groups in total. The standard InChI is InChI=1S/C24H26N4/c1-13-14(2)22-10-18-7-8-20(26-18)12-24-16(4)15(3)23(28-24)11-19-6-5-17(25-19)9-21(13)27-22/h9-12,27-28H,5-8H2,1-4H3. The fraction of sp³-hybridized carbons (Fsp3) is 0.333. The maximum Gasteiger partial charge on any atom is 0.0435 e. The van der Waals surface area contributed by atoms with Crippen LogP contribution < -0.4 is 0 Å². The van der Waals surface area contributed by atoms with E-state index in [1.54, 1.807) is 0 Å². The lowest BCUT2D eigenvalue weighted by Gasteiger charge is -1.89. The van der Waals surface area contributed by atoms with Crippen LogP contribution in [0.25, 0.3) is 22.1 Å². The quantitative estimate of drug-likeness (QED) is 0.577. The van der Waals surface area contributed by atoms with E-state index in [1.807, 2.05) is 0 Å². The molecule has 2 aliphatic heterocycles. The van der Waals surface area contributed by atoms with Crippen molar-refractivity contribution in [1.29, 1.82) is 0 Å². The van der Waals surface area contributed by atoms with E-state index < -0.39 is 0 Å². The van der Waals surface area contributed by atoms with E-state index >= 15 is 0 Å².